The van der Waals surface area contributed by atoms with E-state index in [9.17, 15) is 12.8 Å². The van der Waals surface area contributed by atoms with Gasteiger partial charge in [-0.05, 0) is 30.2 Å². The van der Waals surface area contributed by atoms with Gasteiger partial charge < -0.3 is 4.90 Å². The molecular formula is C16H18ClFN2O2S2. The molecule has 1 fully saturated rings. The van der Waals surface area contributed by atoms with Crippen molar-refractivity contribution < 1.29 is 12.8 Å². The lowest BCUT2D eigenvalue weighted by molar-refractivity contribution is 0.190. The summed E-state index contributed by atoms with van der Waals surface area (Å²) in [7, 11) is -3.46. The van der Waals surface area contributed by atoms with Crippen LogP contribution in [0, 0.1) is 5.82 Å². The lowest BCUT2D eigenvalue weighted by atomic mass is 10.1. The van der Waals surface area contributed by atoms with Crippen LogP contribution < -0.4 is 0 Å². The van der Waals surface area contributed by atoms with Crippen LogP contribution in [0.1, 0.15) is 5.56 Å². The van der Waals surface area contributed by atoms with Gasteiger partial charge in [-0.2, -0.15) is 4.31 Å². The summed E-state index contributed by atoms with van der Waals surface area (Å²) in [5, 5.41) is 0. The molecule has 130 valence electrons. The van der Waals surface area contributed by atoms with Crippen LogP contribution in [-0.4, -0.2) is 50.3 Å². The highest BCUT2D eigenvalue weighted by Crippen LogP contribution is 2.28. The summed E-state index contributed by atoms with van der Waals surface area (Å²) in [6, 6.07) is 9.91. The van der Waals surface area contributed by atoms with E-state index in [2.05, 4.69) is 4.90 Å². The molecule has 4 nitrogen and oxygen atoms in total. The molecule has 0 bridgehead atoms. The number of thiophene rings is 1. The van der Waals surface area contributed by atoms with Crippen LogP contribution in [0.5, 0.6) is 0 Å². The molecule has 24 heavy (non-hydrogen) atoms. The Morgan fingerprint density at radius 1 is 1.08 bits per heavy atom. The maximum atomic E-state index is 13.6. The third-order valence-corrected chi connectivity index (χ3v) is 7.73. The highest BCUT2D eigenvalue weighted by molar-refractivity contribution is 7.91. The smallest absolute Gasteiger partial charge is 0.252 e. The zero-order valence-electron chi connectivity index (χ0n) is 13.0. The van der Waals surface area contributed by atoms with Gasteiger partial charge in [-0.1, -0.05) is 29.8 Å². The molecule has 0 spiro atoms. The number of piperazine rings is 1. The van der Waals surface area contributed by atoms with Gasteiger partial charge in [0.1, 0.15) is 10.0 Å². The normalized spacial score (nSPS) is 17.2. The van der Waals surface area contributed by atoms with E-state index in [1.165, 1.54) is 10.4 Å². The Hall–Kier alpha value is -0.990. The van der Waals surface area contributed by atoms with Crippen molar-refractivity contribution in [1.29, 1.82) is 0 Å². The van der Waals surface area contributed by atoms with Gasteiger partial charge in [0.15, 0.2) is 0 Å². The van der Waals surface area contributed by atoms with Crippen molar-refractivity contribution in [1.82, 2.24) is 9.21 Å². The van der Waals surface area contributed by atoms with E-state index < -0.39 is 10.0 Å². The molecule has 0 aliphatic carbocycles. The third kappa shape index (κ3) is 3.97. The Morgan fingerprint density at radius 3 is 2.42 bits per heavy atom. The second-order valence-corrected chi connectivity index (χ2v) is 9.53. The molecule has 8 heteroatoms. The second kappa shape index (κ2) is 7.49. The van der Waals surface area contributed by atoms with Crippen molar-refractivity contribution in [2.24, 2.45) is 0 Å². The second-order valence-electron chi connectivity index (χ2n) is 5.65. The summed E-state index contributed by atoms with van der Waals surface area (Å²) in [5.41, 5.74) is 0.695. The molecular weight excluding hydrogens is 371 g/mol. The van der Waals surface area contributed by atoms with Crippen LogP contribution in [0.25, 0.3) is 0 Å². The van der Waals surface area contributed by atoms with Gasteiger partial charge in [0.25, 0.3) is 10.0 Å². The van der Waals surface area contributed by atoms with Crippen molar-refractivity contribution in [3.8, 4) is 0 Å². The van der Waals surface area contributed by atoms with E-state index >= 15 is 0 Å². The largest absolute Gasteiger partial charge is 0.300 e. The summed E-state index contributed by atoms with van der Waals surface area (Å²) in [4.78, 5) is 2.17. The molecule has 3 rings (SSSR count). The van der Waals surface area contributed by atoms with Crippen LogP contribution in [0.3, 0.4) is 0 Å². The molecule has 2 heterocycles. The minimum Gasteiger partial charge on any atom is -0.300 e. The Kier molecular flexibility index (Phi) is 5.56. The average Bonchev–Trinajstić information content (AvgIpc) is 3.02. The van der Waals surface area contributed by atoms with E-state index in [-0.39, 0.29) is 10.0 Å². The number of hydrogen-bond acceptors (Lipinski definition) is 4. The van der Waals surface area contributed by atoms with Gasteiger partial charge in [-0.25, -0.2) is 12.8 Å². The Morgan fingerprint density at radius 2 is 1.79 bits per heavy atom. The van der Waals surface area contributed by atoms with E-state index in [4.69, 9.17) is 11.6 Å². The zero-order chi connectivity index (χ0) is 17.2. The number of hydrogen-bond donors (Lipinski definition) is 0. The highest BCUT2D eigenvalue weighted by Gasteiger charge is 2.29. The molecule has 0 radical (unpaired) electrons. The van der Waals surface area contributed by atoms with Gasteiger partial charge in [0, 0.05) is 32.7 Å². The molecule has 0 amide bonds. The number of sulfonamides is 1. The fourth-order valence-corrected chi connectivity index (χ4v) is 5.80. The molecule has 0 N–H and O–H groups in total. The maximum Gasteiger partial charge on any atom is 0.252 e. The van der Waals surface area contributed by atoms with Crippen molar-refractivity contribution in [3.63, 3.8) is 0 Å². The van der Waals surface area contributed by atoms with Crippen molar-refractivity contribution in [2.45, 2.75) is 10.6 Å². The zero-order valence-corrected chi connectivity index (χ0v) is 15.4. The van der Waals surface area contributed by atoms with Gasteiger partial charge in [-0.15, -0.1) is 11.3 Å². The predicted octanol–water partition coefficient (Wildman–Crippen LogP) is 3.09. The van der Waals surface area contributed by atoms with E-state index in [1.807, 2.05) is 6.07 Å². The Labute approximate surface area is 150 Å². The predicted molar refractivity (Wildman–Crippen MR) is 94.6 cm³/mol. The molecule has 0 saturated carbocycles. The molecule has 1 saturated heterocycles. The quantitative estimate of drug-likeness (QED) is 0.790. The van der Waals surface area contributed by atoms with E-state index in [1.54, 1.807) is 24.3 Å². The minimum absolute atomic E-state index is 0.187. The molecule has 1 aromatic heterocycles. The number of rotatable bonds is 5. The summed E-state index contributed by atoms with van der Waals surface area (Å²) in [6.45, 7) is 2.89. The molecule has 1 aromatic carbocycles. The number of halogens is 2. The van der Waals surface area contributed by atoms with Crippen molar-refractivity contribution in [3.05, 3.63) is 52.1 Å². The van der Waals surface area contributed by atoms with Crippen LogP contribution >= 0.6 is 22.9 Å². The fourth-order valence-electron chi connectivity index (χ4n) is 2.74. The lowest BCUT2D eigenvalue weighted by Gasteiger charge is -2.33. The first-order valence-electron chi connectivity index (χ1n) is 7.68. The van der Waals surface area contributed by atoms with Crippen LogP contribution in [-0.2, 0) is 16.4 Å². The first-order valence-corrected chi connectivity index (χ1v) is 10.3. The summed E-state index contributed by atoms with van der Waals surface area (Å²) < 4.78 is 41.0. The molecule has 2 aromatic rings. The SMILES string of the molecule is O=S(=O)(c1ccc(Cl)s1)N1CCN(CCc2ccccc2F)CC1. The molecule has 1 aliphatic rings. The summed E-state index contributed by atoms with van der Waals surface area (Å²) >= 11 is 6.92. The molecule has 1 aliphatic heterocycles. The van der Waals surface area contributed by atoms with Crippen molar-refractivity contribution in [2.75, 3.05) is 32.7 Å². The first-order chi connectivity index (χ1) is 11.5. The third-order valence-electron chi connectivity index (χ3n) is 4.13. The lowest BCUT2D eigenvalue weighted by Crippen LogP contribution is -2.48. The fraction of sp³-hybridized carbons (Fsp3) is 0.375. The first kappa shape index (κ1) is 17.8. The number of benzene rings is 1. The maximum absolute atomic E-state index is 13.6. The van der Waals surface area contributed by atoms with Gasteiger partial charge >= 0.3 is 0 Å². The van der Waals surface area contributed by atoms with Crippen molar-refractivity contribution >= 4 is 33.0 Å². The minimum atomic E-state index is -3.46. The van der Waals surface area contributed by atoms with E-state index in [0.717, 1.165) is 17.9 Å². The van der Waals surface area contributed by atoms with Crippen LogP contribution in [0.4, 0.5) is 4.39 Å². The van der Waals surface area contributed by atoms with E-state index in [0.29, 0.717) is 42.5 Å². The monoisotopic (exact) mass is 388 g/mol. The molecule has 0 unspecified atom stereocenters. The Balaban J connectivity index is 1.55. The van der Waals surface area contributed by atoms with Gasteiger partial charge in [0.05, 0.1) is 4.34 Å². The average molecular weight is 389 g/mol. The standard InChI is InChI=1S/C16H18ClFN2O2S2/c17-15-5-6-16(23-15)24(21,22)20-11-9-19(10-12-20)8-7-13-3-1-2-4-14(13)18/h1-6H,7-12H2. The highest BCUT2D eigenvalue weighted by atomic mass is 35.5. The molecule has 0 atom stereocenters. The van der Waals surface area contributed by atoms with Crippen LogP contribution in [0.15, 0.2) is 40.6 Å². The topological polar surface area (TPSA) is 40.6 Å². The van der Waals surface area contributed by atoms with Gasteiger partial charge in [0.2, 0.25) is 0 Å². The van der Waals surface area contributed by atoms with Crippen LogP contribution in [0.2, 0.25) is 4.34 Å². The van der Waals surface area contributed by atoms with Gasteiger partial charge in [-0.3, -0.25) is 0 Å². The summed E-state index contributed by atoms with van der Waals surface area (Å²) in [5.74, 6) is -0.187. The number of nitrogens with zero attached hydrogens (tertiary/aromatic N) is 2. The summed E-state index contributed by atoms with van der Waals surface area (Å²) in [6.07, 6.45) is 0.625. The Bertz CT molecular complexity index is 802.